The number of anilines is 1. The van der Waals surface area contributed by atoms with Crippen molar-refractivity contribution < 1.29 is 13.9 Å². The van der Waals surface area contributed by atoms with Crippen LogP contribution < -0.4 is 10.1 Å². The first kappa shape index (κ1) is 26.8. The summed E-state index contributed by atoms with van der Waals surface area (Å²) in [7, 11) is 4.02. The first-order valence-electron chi connectivity index (χ1n) is 13.1. The summed E-state index contributed by atoms with van der Waals surface area (Å²) < 4.78 is 19.8. The number of aryl methyl sites for hydroxylation is 1. The monoisotopic (exact) mass is 503 g/mol. The van der Waals surface area contributed by atoms with Gasteiger partial charge in [0.05, 0.1) is 5.69 Å². The number of benzene rings is 2. The first-order chi connectivity index (χ1) is 17.6. The van der Waals surface area contributed by atoms with Crippen molar-refractivity contribution in [2.24, 2.45) is 0 Å². The summed E-state index contributed by atoms with van der Waals surface area (Å²) in [5.74, 6) is 0.830. The molecule has 196 valence electrons. The van der Waals surface area contributed by atoms with Gasteiger partial charge in [0.15, 0.2) is 0 Å². The Hall–Kier alpha value is -3.25. The minimum atomic E-state index is -0.511. The molecule has 0 fully saturated rings. The summed E-state index contributed by atoms with van der Waals surface area (Å²) in [6, 6.07) is 12.9. The molecule has 1 unspecified atom stereocenters. The van der Waals surface area contributed by atoms with Crippen molar-refractivity contribution >= 4 is 11.6 Å². The van der Waals surface area contributed by atoms with Crippen molar-refractivity contribution in [2.75, 3.05) is 26.0 Å². The highest BCUT2D eigenvalue weighted by atomic mass is 19.1. The van der Waals surface area contributed by atoms with Crippen molar-refractivity contribution in [3.8, 4) is 16.9 Å². The zero-order valence-electron chi connectivity index (χ0n) is 22.6. The van der Waals surface area contributed by atoms with Gasteiger partial charge in [0.2, 0.25) is 5.91 Å². The van der Waals surface area contributed by atoms with Gasteiger partial charge in [0.1, 0.15) is 17.2 Å². The molecule has 0 saturated carbocycles. The Bertz CT molecular complexity index is 1240. The molecule has 1 amide bonds. The summed E-state index contributed by atoms with van der Waals surface area (Å²) in [5.41, 5.74) is 5.47. The van der Waals surface area contributed by atoms with Crippen LogP contribution in [0.5, 0.6) is 5.75 Å². The Morgan fingerprint density at radius 2 is 1.89 bits per heavy atom. The van der Waals surface area contributed by atoms with Gasteiger partial charge in [-0.3, -0.25) is 9.78 Å². The zero-order valence-corrected chi connectivity index (χ0v) is 22.6. The zero-order chi connectivity index (χ0) is 26.6. The van der Waals surface area contributed by atoms with Crippen molar-refractivity contribution in [2.45, 2.75) is 64.4 Å². The lowest BCUT2D eigenvalue weighted by Gasteiger charge is -2.36. The minimum Gasteiger partial charge on any atom is -0.482 e. The van der Waals surface area contributed by atoms with Crippen molar-refractivity contribution in [1.29, 1.82) is 0 Å². The topological polar surface area (TPSA) is 54.5 Å². The van der Waals surface area contributed by atoms with Crippen LogP contribution in [0.3, 0.4) is 0 Å². The van der Waals surface area contributed by atoms with Crippen LogP contribution in [-0.2, 0) is 16.8 Å². The van der Waals surface area contributed by atoms with E-state index in [1.165, 1.54) is 12.1 Å². The normalized spacial score (nSPS) is 14.5. The third-order valence-corrected chi connectivity index (χ3v) is 7.10. The van der Waals surface area contributed by atoms with Crippen molar-refractivity contribution in [3.63, 3.8) is 0 Å². The predicted molar refractivity (Wildman–Crippen MR) is 147 cm³/mol. The third-order valence-electron chi connectivity index (χ3n) is 7.10. The fourth-order valence-electron chi connectivity index (χ4n) is 5.03. The number of ether oxygens (including phenoxy) is 1. The molecule has 1 N–H and O–H groups in total. The molecule has 0 aliphatic carbocycles. The van der Waals surface area contributed by atoms with E-state index in [9.17, 15) is 9.18 Å². The quantitative estimate of drug-likeness (QED) is 0.326. The summed E-state index contributed by atoms with van der Waals surface area (Å²) in [6.07, 6.45) is 7.74. The number of hydrogen-bond acceptors (Lipinski definition) is 4. The molecule has 1 atom stereocenters. The number of carbonyl (C=O) groups excluding carboxylic acids is 1. The van der Waals surface area contributed by atoms with Gasteiger partial charge >= 0.3 is 0 Å². The van der Waals surface area contributed by atoms with E-state index >= 15 is 0 Å². The highest BCUT2D eigenvalue weighted by molar-refractivity contribution is 5.98. The fourth-order valence-corrected chi connectivity index (χ4v) is 5.03. The van der Waals surface area contributed by atoms with Gasteiger partial charge in [-0.05, 0) is 108 Å². The van der Waals surface area contributed by atoms with Gasteiger partial charge in [-0.25, -0.2) is 4.39 Å². The summed E-state index contributed by atoms with van der Waals surface area (Å²) in [5, 5.41) is 3.19. The first-order valence-corrected chi connectivity index (χ1v) is 13.1. The Kier molecular flexibility index (Phi) is 8.28. The number of carbonyl (C=O) groups is 1. The molecule has 1 aliphatic rings. The number of hydrogen-bond donors (Lipinski definition) is 1. The molecule has 3 aromatic rings. The molecule has 37 heavy (non-hydrogen) atoms. The van der Waals surface area contributed by atoms with Gasteiger partial charge in [-0.2, -0.15) is 0 Å². The van der Waals surface area contributed by atoms with Crippen LogP contribution in [0.4, 0.5) is 10.1 Å². The second-order valence-electron chi connectivity index (χ2n) is 10.8. The number of halogens is 1. The van der Waals surface area contributed by atoms with Crippen LogP contribution in [-0.4, -0.2) is 36.4 Å². The lowest BCUT2D eigenvalue weighted by molar-refractivity contribution is -0.116. The van der Waals surface area contributed by atoms with Crippen LogP contribution in [0.1, 0.15) is 69.1 Å². The summed E-state index contributed by atoms with van der Waals surface area (Å²) >= 11 is 0. The van der Waals surface area contributed by atoms with Crippen LogP contribution in [0.15, 0.2) is 54.9 Å². The molecule has 0 saturated heterocycles. The maximum absolute atomic E-state index is 13.2. The van der Waals surface area contributed by atoms with E-state index in [1.807, 2.05) is 38.5 Å². The number of nitrogens with zero attached hydrogens (tertiary/aromatic N) is 2. The highest BCUT2D eigenvalue weighted by Gasteiger charge is 2.35. The third kappa shape index (κ3) is 6.55. The highest BCUT2D eigenvalue weighted by Crippen LogP contribution is 2.49. The predicted octanol–water partition coefficient (Wildman–Crippen LogP) is 6.92. The SMILES string of the molecule is CC(CCCc1ccc(F)cc1)c1cc(NC(=O)CCCN(C)C)c2c(c1)OC(C)(C)c1ccncc1-2. The van der Waals surface area contributed by atoms with Crippen molar-refractivity contribution in [3.05, 3.63) is 77.4 Å². The Labute approximate surface area is 220 Å². The molecule has 4 rings (SSSR count). The van der Waals surface area contributed by atoms with Gasteiger partial charge in [0, 0.05) is 35.5 Å². The molecule has 0 radical (unpaired) electrons. The smallest absolute Gasteiger partial charge is 0.224 e. The number of pyridine rings is 1. The molecule has 6 heteroatoms. The number of rotatable bonds is 10. The van der Waals surface area contributed by atoms with Crippen molar-refractivity contribution in [1.82, 2.24) is 9.88 Å². The van der Waals surface area contributed by atoms with Crippen LogP contribution in [0, 0.1) is 5.82 Å². The molecular formula is C31H38FN3O2. The average molecular weight is 504 g/mol. The Morgan fingerprint density at radius 1 is 1.14 bits per heavy atom. The lowest BCUT2D eigenvalue weighted by atomic mass is 9.84. The van der Waals surface area contributed by atoms with E-state index in [1.54, 1.807) is 6.20 Å². The second kappa shape index (κ2) is 11.4. The molecule has 0 spiro atoms. The maximum Gasteiger partial charge on any atom is 0.224 e. The van der Waals surface area contributed by atoms with Gasteiger partial charge in [0.25, 0.3) is 0 Å². The number of aromatic nitrogens is 1. The van der Waals surface area contributed by atoms with Crippen LogP contribution in [0.25, 0.3) is 11.1 Å². The Morgan fingerprint density at radius 3 is 2.62 bits per heavy atom. The summed E-state index contributed by atoms with van der Waals surface area (Å²) in [6.45, 7) is 7.19. The maximum atomic E-state index is 13.2. The molecule has 1 aromatic heterocycles. The average Bonchev–Trinajstić information content (AvgIpc) is 2.84. The van der Waals surface area contributed by atoms with E-state index < -0.39 is 5.60 Å². The van der Waals surface area contributed by atoms with Gasteiger partial charge < -0.3 is 15.0 Å². The standard InChI is InChI=1S/C31H38FN3O2/c1-21(8-6-9-22-11-13-24(32)14-12-22)23-18-27(34-29(36)10-7-17-35(4)5)30-25-20-33-16-15-26(25)31(2,3)37-28(30)19-23/h11-16,18-21H,6-10,17H2,1-5H3,(H,34,36). The van der Waals surface area contributed by atoms with Gasteiger partial charge in [-0.15, -0.1) is 0 Å². The van der Waals surface area contributed by atoms with Crippen LogP contribution in [0.2, 0.25) is 0 Å². The molecule has 2 aromatic carbocycles. The second-order valence-corrected chi connectivity index (χ2v) is 10.8. The van der Waals surface area contributed by atoms with E-state index in [0.29, 0.717) is 6.42 Å². The van der Waals surface area contributed by atoms with Gasteiger partial charge in [-0.1, -0.05) is 19.1 Å². The van der Waals surface area contributed by atoms with Crippen LogP contribution >= 0.6 is 0 Å². The van der Waals surface area contributed by atoms with E-state index in [4.69, 9.17) is 4.74 Å². The molecule has 2 heterocycles. The van der Waals surface area contributed by atoms with E-state index in [0.717, 1.165) is 71.5 Å². The summed E-state index contributed by atoms with van der Waals surface area (Å²) in [4.78, 5) is 19.4. The largest absolute Gasteiger partial charge is 0.482 e. The number of fused-ring (bicyclic) bond motifs is 3. The number of amides is 1. The fraction of sp³-hybridized carbons (Fsp3) is 0.419. The van der Waals surface area contributed by atoms with E-state index in [-0.39, 0.29) is 17.6 Å². The molecule has 1 aliphatic heterocycles. The Balaban J connectivity index is 1.60. The lowest BCUT2D eigenvalue weighted by Crippen LogP contribution is -2.30. The minimum absolute atomic E-state index is 0.000405. The van der Waals surface area contributed by atoms with E-state index in [2.05, 4.69) is 48.1 Å². The number of nitrogens with one attached hydrogen (secondary N) is 1. The molecule has 5 nitrogen and oxygen atoms in total. The molecule has 0 bridgehead atoms. The molecular weight excluding hydrogens is 465 g/mol.